The van der Waals surface area contributed by atoms with Crippen LogP contribution in [0.1, 0.15) is 71.6 Å². The van der Waals surface area contributed by atoms with Gasteiger partial charge >= 0.3 is 0 Å². The molecule has 0 aromatic rings. The molecule has 3 nitrogen and oxygen atoms in total. The van der Waals surface area contributed by atoms with Gasteiger partial charge in [-0.3, -0.25) is 10.1 Å². The number of carbonyl (C=O) groups excluding carboxylic acids is 1. The van der Waals surface area contributed by atoms with Gasteiger partial charge in [-0.1, -0.05) is 46.0 Å². The molecule has 2 atom stereocenters. The number of carbonyl (C=O) groups is 1. The van der Waals surface area contributed by atoms with Crippen LogP contribution >= 0.6 is 11.8 Å². The summed E-state index contributed by atoms with van der Waals surface area (Å²) in [6.07, 6.45) is 13.3. The van der Waals surface area contributed by atoms with Crippen LogP contribution in [0.5, 0.6) is 0 Å². The minimum Gasteiger partial charge on any atom is -0.324 e. The lowest BCUT2D eigenvalue weighted by molar-refractivity contribution is -0.130. The summed E-state index contributed by atoms with van der Waals surface area (Å²) in [5.74, 6) is 0.356. The van der Waals surface area contributed by atoms with Crippen molar-refractivity contribution < 1.29 is 4.79 Å². The molecule has 2 fully saturated rings. The Labute approximate surface area is 134 Å². The van der Waals surface area contributed by atoms with Gasteiger partial charge in [0.2, 0.25) is 5.91 Å². The molecule has 0 bridgehead atoms. The fourth-order valence-corrected chi connectivity index (χ4v) is 4.84. The quantitative estimate of drug-likeness (QED) is 0.776. The van der Waals surface area contributed by atoms with E-state index in [9.17, 15) is 4.79 Å². The van der Waals surface area contributed by atoms with E-state index in [1.165, 1.54) is 32.1 Å². The highest BCUT2D eigenvalue weighted by molar-refractivity contribution is 8.00. The van der Waals surface area contributed by atoms with Crippen molar-refractivity contribution in [1.29, 1.82) is 0 Å². The maximum Gasteiger partial charge on any atom is 0.241 e. The third-order valence-electron chi connectivity index (χ3n) is 5.15. The molecule has 0 spiro atoms. The standard InChI is InChI=1S/C17H32N2OS/c1-4-9-14-16(20)19(15(18-14)10-5-2)13-17(21-3)11-7-6-8-12-17/h14-15,18H,4-13H2,1-3H3. The monoisotopic (exact) mass is 312 g/mol. The van der Waals surface area contributed by atoms with Crippen molar-refractivity contribution in [3.05, 3.63) is 0 Å². The van der Waals surface area contributed by atoms with Gasteiger partial charge in [-0.05, 0) is 31.9 Å². The first-order valence-electron chi connectivity index (χ1n) is 8.77. The number of hydrogen-bond donors (Lipinski definition) is 1. The summed E-state index contributed by atoms with van der Waals surface area (Å²) in [6, 6.07) is 0.0639. The van der Waals surface area contributed by atoms with Crippen LogP contribution in [0.15, 0.2) is 0 Å². The normalized spacial score (nSPS) is 29.1. The molecule has 21 heavy (non-hydrogen) atoms. The first-order chi connectivity index (χ1) is 10.2. The number of amides is 1. The fourth-order valence-electron chi connectivity index (χ4n) is 3.88. The van der Waals surface area contributed by atoms with Crippen molar-refractivity contribution in [2.75, 3.05) is 12.8 Å². The lowest BCUT2D eigenvalue weighted by atomic mass is 9.87. The summed E-state index contributed by atoms with van der Waals surface area (Å²) in [7, 11) is 0. The Bertz CT molecular complexity index is 342. The Hall–Kier alpha value is -0.220. The van der Waals surface area contributed by atoms with Crippen molar-refractivity contribution in [2.24, 2.45) is 0 Å². The first kappa shape index (κ1) is 17.1. The van der Waals surface area contributed by atoms with Crippen LogP contribution in [0.2, 0.25) is 0 Å². The van der Waals surface area contributed by atoms with Crippen LogP contribution in [0.3, 0.4) is 0 Å². The molecule has 122 valence electrons. The van der Waals surface area contributed by atoms with Crippen LogP contribution in [0, 0.1) is 0 Å². The Morgan fingerprint density at radius 3 is 2.43 bits per heavy atom. The molecule has 2 unspecified atom stereocenters. The van der Waals surface area contributed by atoms with Gasteiger partial charge < -0.3 is 4.90 Å². The number of hydrogen-bond acceptors (Lipinski definition) is 3. The van der Waals surface area contributed by atoms with E-state index in [1.807, 2.05) is 11.8 Å². The van der Waals surface area contributed by atoms with Gasteiger partial charge in [-0.2, -0.15) is 11.8 Å². The highest BCUT2D eigenvalue weighted by atomic mass is 32.2. The average molecular weight is 313 g/mol. The zero-order valence-corrected chi connectivity index (χ0v) is 14.8. The average Bonchev–Trinajstić information content (AvgIpc) is 2.78. The van der Waals surface area contributed by atoms with E-state index in [0.29, 0.717) is 10.7 Å². The molecule has 2 aliphatic rings. The van der Waals surface area contributed by atoms with Gasteiger partial charge in [0.05, 0.1) is 12.2 Å². The Balaban J connectivity index is 2.08. The summed E-state index contributed by atoms with van der Waals surface area (Å²) in [5, 5.41) is 3.59. The summed E-state index contributed by atoms with van der Waals surface area (Å²) in [4.78, 5) is 15.0. The molecule has 1 aliphatic carbocycles. The van der Waals surface area contributed by atoms with Gasteiger partial charge in [0, 0.05) is 11.3 Å². The Morgan fingerprint density at radius 1 is 1.19 bits per heavy atom. The molecular formula is C17H32N2OS. The summed E-state index contributed by atoms with van der Waals surface area (Å²) < 4.78 is 0.308. The molecule has 0 aromatic heterocycles. The predicted octanol–water partition coefficient (Wildman–Crippen LogP) is 3.78. The molecule has 1 aliphatic heterocycles. The Kier molecular flexibility index (Phi) is 6.42. The summed E-state index contributed by atoms with van der Waals surface area (Å²) >= 11 is 2.00. The molecule has 4 heteroatoms. The minimum absolute atomic E-state index is 0.0639. The van der Waals surface area contributed by atoms with E-state index in [4.69, 9.17) is 0 Å². The van der Waals surface area contributed by atoms with Crippen LogP contribution in [0.4, 0.5) is 0 Å². The van der Waals surface area contributed by atoms with E-state index in [-0.39, 0.29) is 12.2 Å². The van der Waals surface area contributed by atoms with Gasteiger partial charge in [-0.25, -0.2) is 0 Å². The number of nitrogens with zero attached hydrogens (tertiary/aromatic N) is 1. The third kappa shape index (κ3) is 3.95. The summed E-state index contributed by atoms with van der Waals surface area (Å²) in [5.41, 5.74) is 0. The molecule has 1 saturated carbocycles. The second-order valence-electron chi connectivity index (χ2n) is 6.73. The molecule has 1 amide bonds. The fraction of sp³-hybridized carbons (Fsp3) is 0.941. The van der Waals surface area contributed by atoms with E-state index in [0.717, 1.165) is 32.2 Å². The first-order valence-corrected chi connectivity index (χ1v) is 10.00. The molecule has 1 N–H and O–H groups in total. The van der Waals surface area contributed by atoms with E-state index in [2.05, 4.69) is 30.3 Å². The van der Waals surface area contributed by atoms with E-state index < -0.39 is 0 Å². The smallest absolute Gasteiger partial charge is 0.241 e. The maximum atomic E-state index is 12.8. The van der Waals surface area contributed by atoms with Gasteiger partial charge in [0.1, 0.15) is 0 Å². The highest BCUT2D eigenvalue weighted by Crippen LogP contribution is 2.40. The van der Waals surface area contributed by atoms with Crippen LogP contribution < -0.4 is 5.32 Å². The van der Waals surface area contributed by atoms with Crippen molar-refractivity contribution in [3.8, 4) is 0 Å². The predicted molar refractivity (Wildman–Crippen MR) is 91.6 cm³/mol. The van der Waals surface area contributed by atoms with Gasteiger partial charge in [-0.15, -0.1) is 0 Å². The number of thioether (sulfide) groups is 1. The zero-order valence-electron chi connectivity index (χ0n) is 14.0. The maximum absolute atomic E-state index is 12.8. The summed E-state index contributed by atoms with van der Waals surface area (Å²) in [6.45, 7) is 5.32. The zero-order chi connectivity index (χ0) is 15.3. The van der Waals surface area contributed by atoms with Gasteiger partial charge in [0.15, 0.2) is 0 Å². The third-order valence-corrected chi connectivity index (χ3v) is 6.55. The molecule has 1 saturated heterocycles. The lowest BCUT2D eigenvalue weighted by Gasteiger charge is -2.40. The van der Waals surface area contributed by atoms with E-state index in [1.54, 1.807) is 0 Å². The second-order valence-corrected chi connectivity index (χ2v) is 8.00. The molecule has 1 heterocycles. The van der Waals surface area contributed by atoms with Crippen LogP contribution in [0.25, 0.3) is 0 Å². The van der Waals surface area contributed by atoms with Crippen LogP contribution in [-0.2, 0) is 4.79 Å². The van der Waals surface area contributed by atoms with Crippen molar-refractivity contribution in [1.82, 2.24) is 10.2 Å². The minimum atomic E-state index is 0.0639. The molecule has 0 radical (unpaired) electrons. The topological polar surface area (TPSA) is 32.3 Å². The number of rotatable bonds is 7. The Morgan fingerprint density at radius 2 is 1.86 bits per heavy atom. The molecule has 2 rings (SSSR count). The lowest BCUT2D eigenvalue weighted by Crippen LogP contribution is -2.47. The second kappa shape index (κ2) is 7.87. The largest absolute Gasteiger partial charge is 0.324 e. The molecular weight excluding hydrogens is 280 g/mol. The SMILES string of the molecule is CCCC1NC(CCC)N(CC2(SC)CCCCC2)C1=O. The highest BCUT2D eigenvalue weighted by Gasteiger charge is 2.42. The van der Waals surface area contributed by atoms with E-state index >= 15 is 0 Å². The van der Waals surface area contributed by atoms with Crippen LogP contribution in [-0.4, -0.2) is 40.6 Å². The van der Waals surface area contributed by atoms with Crippen molar-refractivity contribution >= 4 is 17.7 Å². The number of nitrogens with one attached hydrogen (secondary N) is 1. The van der Waals surface area contributed by atoms with Gasteiger partial charge in [0.25, 0.3) is 0 Å². The molecule has 0 aromatic carbocycles. The van der Waals surface area contributed by atoms with Crippen molar-refractivity contribution in [3.63, 3.8) is 0 Å². The van der Waals surface area contributed by atoms with Crippen molar-refractivity contribution in [2.45, 2.75) is 88.6 Å².